The fourth-order valence-corrected chi connectivity index (χ4v) is 6.31. The minimum atomic E-state index is -0.339. The van der Waals surface area contributed by atoms with Gasteiger partial charge in [-0.3, -0.25) is 0 Å². The lowest BCUT2D eigenvalue weighted by atomic mass is 9.75. The van der Waals surface area contributed by atoms with E-state index in [1.165, 1.54) is 62.5 Å². The van der Waals surface area contributed by atoms with Crippen molar-refractivity contribution in [3.05, 3.63) is 64.2 Å². The Morgan fingerprint density at radius 3 is 2.20 bits per heavy atom. The van der Waals surface area contributed by atoms with Crippen molar-refractivity contribution < 1.29 is 13.5 Å². The number of rotatable bonds is 11. The van der Waals surface area contributed by atoms with Gasteiger partial charge in [-0.2, -0.15) is 0 Å². The van der Waals surface area contributed by atoms with Gasteiger partial charge in [-0.1, -0.05) is 58.4 Å². The SMILES string of the molecule is CCCCCOc1ccc2c(c1)CCC(c1c(F)cc(C3CCC(CCCCC)CC3)cc1F)C2. The van der Waals surface area contributed by atoms with E-state index in [0.717, 1.165) is 55.9 Å². The fourth-order valence-electron chi connectivity index (χ4n) is 6.31. The second kappa shape index (κ2) is 12.9. The minimum absolute atomic E-state index is 0.0952. The molecule has 1 saturated carbocycles. The minimum Gasteiger partial charge on any atom is -0.494 e. The van der Waals surface area contributed by atoms with E-state index in [2.05, 4.69) is 26.0 Å². The predicted octanol–water partition coefficient (Wildman–Crippen LogP) is 9.66. The summed E-state index contributed by atoms with van der Waals surface area (Å²) in [5.41, 5.74) is 3.64. The van der Waals surface area contributed by atoms with Crippen LogP contribution in [-0.4, -0.2) is 6.61 Å². The molecule has 1 atom stereocenters. The Balaban J connectivity index is 1.37. The maximum absolute atomic E-state index is 15.3. The van der Waals surface area contributed by atoms with Gasteiger partial charge in [0.1, 0.15) is 17.4 Å². The molecule has 0 radical (unpaired) electrons. The highest BCUT2D eigenvalue weighted by molar-refractivity contribution is 5.41. The van der Waals surface area contributed by atoms with Crippen LogP contribution in [0.5, 0.6) is 5.75 Å². The smallest absolute Gasteiger partial charge is 0.129 e. The van der Waals surface area contributed by atoms with Crippen LogP contribution in [0.4, 0.5) is 8.78 Å². The van der Waals surface area contributed by atoms with E-state index in [-0.39, 0.29) is 17.6 Å². The third-order valence-corrected chi connectivity index (χ3v) is 8.47. The van der Waals surface area contributed by atoms with Crippen molar-refractivity contribution in [1.29, 1.82) is 0 Å². The van der Waals surface area contributed by atoms with Crippen LogP contribution >= 0.6 is 0 Å². The molecule has 0 spiro atoms. The predicted molar refractivity (Wildman–Crippen MR) is 141 cm³/mol. The summed E-state index contributed by atoms with van der Waals surface area (Å²) in [5, 5.41) is 0. The number of ether oxygens (including phenoxy) is 1. The van der Waals surface area contributed by atoms with Crippen molar-refractivity contribution in [2.75, 3.05) is 6.61 Å². The molecule has 2 aliphatic rings. The number of hydrogen-bond donors (Lipinski definition) is 0. The van der Waals surface area contributed by atoms with Crippen LogP contribution in [0.1, 0.15) is 125 Å². The van der Waals surface area contributed by atoms with Crippen LogP contribution in [-0.2, 0) is 12.8 Å². The van der Waals surface area contributed by atoms with Crippen LogP contribution in [0.3, 0.4) is 0 Å². The molecule has 0 amide bonds. The van der Waals surface area contributed by atoms with Crippen molar-refractivity contribution in [2.24, 2.45) is 5.92 Å². The fraction of sp³-hybridized carbons (Fsp3) is 0.625. The highest BCUT2D eigenvalue weighted by Crippen LogP contribution is 2.41. The molecule has 1 unspecified atom stereocenters. The molecule has 2 aliphatic carbocycles. The first-order chi connectivity index (χ1) is 17.1. The lowest BCUT2D eigenvalue weighted by Crippen LogP contribution is -2.17. The van der Waals surface area contributed by atoms with Crippen LogP contribution in [0.25, 0.3) is 0 Å². The van der Waals surface area contributed by atoms with Crippen LogP contribution in [0.15, 0.2) is 30.3 Å². The molecule has 1 nitrogen and oxygen atoms in total. The summed E-state index contributed by atoms with van der Waals surface area (Å²) in [5.74, 6) is 1.25. The third-order valence-electron chi connectivity index (χ3n) is 8.47. The second-order valence-corrected chi connectivity index (χ2v) is 11.0. The summed E-state index contributed by atoms with van der Waals surface area (Å²) in [6.07, 6.45) is 15.5. The quantitative estimate of drug-likeness (QED) is 0.290. The number of hydrogen-bond acceptors (Lipinski definition) is 1. The summed E-state index contributed by atoms with van der Waals surface area (Å²) in [6, 6.07) is 9.56. The zero-order valence-corrected chi connectivity index (χ0v) is 21.9. The third kappa shape index (κ3) is 6.86. The van der Waals surface area contributed by atoms with Gasteiger partial charge in [0.25, 0.3) is 0 Å². The lowest BCUT2D eigenvalue weighted by Gasteiger charge is -2.30. The molecule has 4 rings (SSSR count). The summed E-state index contributed by atoms with van der Waals surface area (Å²) < 4.78 is 36.5. The van der Waals surface area contributed by atoms with Gasteiger partial charge in [0.05, 0.1) is 6.61 Å². The topological polar surface area (TPSA) is 9.23 Å². The van der Waals surface area contributed by atoms with Crippen molar-refractivity contribution >= 4 is 0 Å². The average molecular weight is 483 g/mol. The van der Waals surface area contributed by atoms with Crippen LogP contribution < -0.4 is 4.74 Å². The molecule has 0 heterocycles. The van der Waals surface area contributed by atoms with Gasteiger partial charge in [0, 0.05) is 5.56 Å². The molecule has 0 saturated heterocycles. The number of unbranched alkanes of at least 4 members (excludes halogenated alkanes) is 4. The maximum atomic E-state index is 15.3. The Labute approximate surface area is 211 Å². The highest BCUT2D eigenvalue weighted by atomic mass is 19.1. The Hall–Kier alpha value is -1.90. The van der Waals surface area contributed by atoms with Gasteiger partial charge < -0.3 is 4.74 Å². The Bertz CT molecular complexity index is 922. The van der Waals surface area contributed by atoms with E-state index in [4.69, 9.17) is 4.74 Å². The zero-order chi connectivity index (χ0) is 24.6. The normalized spacial score (nSPS) is 22.1. The molecule has 35 heavy (non-hydrogen) atoms. The Morgan fingerprint density at radius 1 is 0.771 bits per heavy atom. The largest absolute Gasteiger partial charge is 0.494 e. The molecule has 3 heteroatoms. The van der Waals surface area contributed by atoms with Crippen LogP contribution in [0, 0.1) is 17.6 Å². The number of halogens is 2. The summed E-state index contributed by atoms with van der Waals surface area (Å²) in [4.78, 5) is 0. The van der Waals surface area contributed by atoms with E-state index in [1.54, 1.807) is 12.1 Å². The van der Waals surface area contributed by atoms with Gasteiger partial charge >= 0.3 is 0 Å². The zero-order valence-electron chi connectivity index (χ0n) is 21.9. The van der Waals surface area contributed by atoms with E-state index in [0.29, 0.717) is 17.9 Å². The van der Waals surface area contributed by atoms with E-state index >= 15 is 8.78 Å². The molecule has 192 valence electrons. The number of aryl methyl sites for hydroxylation is 1. The monoisotopic (exact) mass is 482 g/mol. The van der Waals surface area contributed by atoms with E-state index in [9.17, 15) is 0 Å². The standard InChI is InChI=1S/C32H44F2O/c1-3-5-7-9-23-10-12-24(13-11-23)28-21-30(33)32(31(34)22-28)27-15-14-26-20-29(17-16-25(26)19-27)35-18-8-6-4-2/h16-17,20-24,27H,3-15,18-19H2,1-2H3. The second-order valence-electron chi connectivity index (χ2n) is 11.0. The molecular weight excluding hydrogens is 438 g/mol. The van der Waals surface area contributed by atoms with Gasteiger partial charge in [-0.05, 0) is 110 Å². The van der Waals surface area contributed by atoms with Gasteiger partial charge in [-0.15, -0.1) is 0 Å². The van der Waals surface area contributed by atoms with Gasteiger partial charge in [0.2, 0.25) is 0 Å². The van der Waals surface area contributed by atoms with Crippen molar-refractivity contribution in [1.82, 2.24) is 0 Å². The number of fused-ring (bicyclic) bond motifs is 1. The van der Waals surface area contributed by atoms with Gasteiger partial charge in [-0.25, -0.2) is 8.78 Å². The number of benzene rings is 2. The molecule has 0 aromatic heterocycles. The summed E-state index contributed by atoms with van der Waals surface area (Å²) >= 11 is 0. The maximum Gasteiger partial charge on any atom is 0.129 e. The lowest BCUT2D eigenvalue weighted by molar-refractivity contribution is 0.302. The molecule has 0 aliphatic heterocycles. The Kier molecular flexibility index (Phi) is 9.63. The molecular formula is C32H44F2O. The first-order valence-corrected chi connectivity index (χ1v) is 14.3. The van der Waals surface area contributed by atoms with E-state index < -0.39 is 0 Å². The molecule has 2 aromatic carbocycles. The van der Waals surface area contributed by atoms with Crippen LogP contribution in [0.2, 0.25) is 0 Å². The summed E-state index contributed by atoms with van der Waals surface area (Å²) in [7, 11) is 0. The van der Waals surface area contributed by atoms with Crippen molar-refractivity contribution in [3.63, 3.8) is 0 Å². The van der Waals surface area contributed by atoms with Gasteiger partial charge in [0.15, 0.2) is 0 Å². The first-order valence-electron chi connectivity index (χ1n) is 14.3. The summed E-state index contributed by atoms with van der Waals surface area (Å²) in [6.45, 7) is 5.18. The van der Waals surface area contributed by atoms with E-state index in [1.807, 2.05) is 6.07 Å². The highest BCUT2D eigenvalue weighted by Gasteiger charge is 2.28. The Morgan fingerprint density at radius 2 is 1.49 bits per heavy atom. The van der Waals surface area contributed by atoms with Crippen molar-refractivity contribution in [2.45, 2.75) is 116 Å². The molecule has 0 bridgehead atoms. The molecule has 0 N–H and O–H groups in total. The first kappa shape index (κ1) is 26.2. The molecule has 1 fully saturated rings. The molecule has 2 aromatic rings. The van der Waals surface area contributed by atoms with Crippen molar-refractivity contribution in [3.8, 4) is 5.75 Å². The average Bonchev–Trinajstić information content (AvgIpc) is 2.87.